The molecule has 0 spiro atoms. The van der Waals surface area contributed by atoms with Crippen LogP contribution in [0, 0.1) is 19.3 Å². The van der Waals surface area contributed by atoms with Crippen molar-refractivity contribution >= 4 is 63.0 Å². The van der Waals surface area contributed by atoms with Crippen LogP contribution in [-0.2, 0) is 14.3 Å². The molecule has 1 aliphatic rings. The molecule has 3 amide bonds. The van der Waals surface area contributed by atoms with Gasteiger partial charge in [0, 0.05) is 30.9 Å². The Bertz CT molecular complexity index is 1080. The summed E-state index contributed by atoms with van der Waals surface area (Å²) >= 11 is 2.98. The van der Waals surface area contributed by atoms with Crippen LogP contribution >= 0.6 is 33.9 Å². The number of aliphatic hydroxyl groups excluding tert-OH is 1. The number of hydrogen-bond donors (Lipinski definition) is 3. The molecule has 3 N–H and O–H groups in total. The van der Waals surface area contributed by atoms with Gasteiger partial charge < -0.3 is 25.4 Å². The molecular weight excluding hydrogens is 545 g/mol. The normalized spacial score (nSPS) is 15.6. The van der Waals surface area contributed by atoms with Crippen molar-refractivity contribution in [2.75, 3.05) is 36.6 Å². The molecule has 2 aromatic rings. The lowest BCUT2D eigenvalue weighted by Gasteiger charge is -2.29. The smallest absolute Gasteiger partial charge is 0.262 e. The Morgan fingerprint density at radius 3 is 2.78 bits per heavy atom. The Morgan fingerprint density at radius 2 is 2.16 bits per heavy atom. The highest BCUT2D eigenvalue weighted by molar-refractivity contribution is 14.1. The summed E-state index contributed by atoms with van der Waals surface area (Å²) in [6, 6.07) is 8.47. The number of aliphatic hydroxyl groups is 1. The van der Waals surface area contributed by atoms with Crippen LogP contribution in [0.25, 0.3) is 0 Å². The van der Waals surface area contributed by atoms with E-state index in [2.05, 4.69) is 16.6 Å². The van der Waals surface area contributed by atoms with Gasteiger partial charge in [-0.2, -0.15) is 0 Å². The van der Waals surface area contributed by atoms with Gasteiger partial charge in [-0.3, -0.25) is 14.4 Å². The van der Waals surface area contributed by atoms with Gasteiger partial charge in [0.2, 0.25) is 0 Å². The summed E-state index contributed by atoms with van der Waals surface area (Å²) in [6.45, 7) is 2.53. The predicted octanol–water partition coefficient (Wildman–Crippen LogP) is 2.28. The Labute approximate surface area is 203 Å². The maximum absolute atomic E-state index is 13.0. The van der Waals surface area contributed by atoms with Crippen molar-refractivity contribution in [2.45, 2.75) is 16.9 Å². The molecule has 1 atom stereocenters. The molecule has 3 rings (SSSR count). The number of carbonyl (C=O) groups excluding carboxylic acids is 3. The van der Waals surface area contributed by atoms with E-state index in [1.807, 2.05) is 29.5 Å². The molecular formula is C22H22IN3O5S. The van der Waals surface area contributed by atoms with Gasteiger partial charge in [0.1, 0.15) is 6.61 Å². The number of aryl methyl sites for hydroxylation is 1. The SMILES string of the molecule is C#Cc1ccc(C(=O)N[C@](I)(CCO)C(=O)Nc2ccc(N3CCOCC3=O)c(C)c2)s1. The van der Waals surface area contributed by atoms with Crippen molar-refractivity contribution in [1.82, 2.24) is 5.32 Å². The van der Waals surface area contributed by atoms with Crippen LogP contribution in [0.5, 0.6) is 0 Å². The number of nitrogens with one attached hydrogen (secondary N) is 2. The summed E-state index contributed by atoms with van der Waals surface area (Å²) < 4.78 is 3.79. The second kappa shape index (κ2) is 10.4. The molecule has 1 aliphatic heterocycles. The summed E-state index contributed by atoms with van der Waals surface area (Å²) in [5.74, 6) is 1.42. The average Bonchev–Trinajstić information content (AvgIpc) is 3.24. The maximum Gasteiger partial charge on any atom is 0.262 e. The zero-order valence-electron chi connectivity index (χ0n) is 17.3. The van der Waals surface area contributed by atoms with Crippen molar-refractivity contribution < 1.29 is 24.2 Å². The number of hydrogen-bond acceptors (Lipinski definition) is 6. The molecule has 1 aromatic carbocycles. The van der Waals surface area contributed by atoms with E-state index in [1.54, 1.807) is 35.2 Å². The first-order valence-corrected chi connectivity index (χ1v) is 11.7. The number of ether oxygens (including phenoxy) is 1. The number of anilines is 2. The Kier molecular flexibility index (Phi) is 7.89. The largest absolute Gasteiger partial charge is 0.396 e. The van der Waals surface area contributed by atoms with Gasteiger partial charge in [0.25, 0.3) is 17.7 Å². The van der Waals surface area contributed by atoms with E-state index in [-0.39, 0.29) is 25.5 Å². The third-order valence-electron chi connectivity index (χ3n) is 4.83. The number of carbonyl (C=O) groups is 3. The van der Waals surface area contributed by atoms with E-state index in [4.69, 9.17) is 11.2 Å². The average molecular weight is 567 g/mol. The van der Waals surface area contributed by atoms with Crippen molar-refractivity contribution in [1.29, 1.82) is 0 Å². The summed E-state index contributed by atoms with van der Waals surface area (Å²) in [4.78, 5) is 40.4. The molecule has 0 bridgehead atoms. The van der Waals surface area contributed by atoms with Crippen molar-refractivity contribution in [2.24, 2.45) is 0 Å². The molecule has 1 fully saturated rings. The second-order valence-electron chi connectivity index (χ2n) is 7.09. The Balaban J connectivity index is 1.75. The van der Waals surface area contributed by atoms with Gasteiger partial charge >= 0.3 is 0 Å². The van der Waals surface area contributed by atoms with Gasteiger partial charge in [-0.05, 0) is 65.4 Å². The summed E-state index contributed by atoms with van der Waals surface area (Å²) in [7, 11) is 0. The number of amides is 3. The standard InChI is InChI=1S/C22H22IN3O5S/c1-3-16-5-7-18(32-16)20(29)25-22(23,8-10-27)21(30)24-15-4-6-17(14(2)12-15)26-9-11-31-13-19(26)28/h1,4-7,12,27H,8-11,13H2,2H3,(H,24,30)(H,25,29)/t22-/m1/s1. The fourth-order valence-corrected chi connectivity index (χ4v) is 4.54. The first-order valence-electron chi connectivity index (χ1n) is 9.76. The van der Waals surface area contributed by atoms with Crippen LogP contribution in [0.3, 0.4) is 0 Å². The number of benzene rings is 1. The minimum absolute atomic E-state index is 0.0118. The van der Waals surface area contributed by atoms with Crippen LogP contribution in [0.1, 0.15) is 26.5 Å². The Morgan fingerprint density at radius 1 is 1.38 bits per heavy atom. The van der Waals surface area contributed by atoms with Crippen LogP contribution in [0.4, 0.5) is 11.4 Å². The first-order chi connectivity index (χ1) is 15.3. The van der Waals surface area contributed by atoms with E-state index in [1.165, 1.54) is 0 Å². The molecule has 0 saturated carbocycles. The highest BCUT2D eigenvalue weighted by Gasteiger charge is 2.37. The van der Waals surface area contributed by atoms with E-state index >= 15 is 0 Å². The predicted molar refractivity (Wildman–Crippen MR) is 131 cm³/mol. The molecule has 1 aromatic heterocycles. The number of terminal acetylenes is 1. The van der Waals surface area contributed by atoms with Crippen LogP contribution in [0.2, 0.25) is 0 Å². The molecule has 0 radical (unpaired) electrons. The quantitative estimate of drug-likeness (QED) is 0.206. The molecule has 168 valence electrons. The van der Waals surface area contributed by atoms with Crippen molar-refractivity contribution in [3.63, 3.8) is 0 Å². The van der Waals surface area contributed by atoms with Gasteiger partial charge in [0.15, 0.2) is 3.55 Å². The number of nitrogens with zero attached hydrogens (tertiary/aromatic N) is 1. The number of morpholine rings is 1. The van der Waals surface area contributed by atoms with E-state index in [0.717, 1.165) is 22.6 Å². The molecule has 0 aliphatic carbocycles. The third-order valence-corrected chi connectivity index (χ3v) is 7.15. The summed E-state index contributed by atoms with van der Waals surface area (Å²) in [5.41, 5.74) is 2.07. The fraction of sp³-hybridized carbons (Fsp3) is 0.318. The first kappa shape index (κ1) is 24.2. The van der Waals surface area contributed by atoms with Crippen molar-refractivity contribution in [3.8, 4) is 12.3 Å². The van der Waals surface area contributed by atoms with Gasteiger partial charge in [-0.15, -0.1) is 17.8 Å². The minimum Gasteiger partial charge on any atom is -0.396 e. The molecule has 0 unspecified atom stereocenters. The summed E-state index contributed by atoms with van der Waals surface area (Å²) in [6.07, 6.45) is 5.36. The van der Waals surface area contributed by atoms with E-state index in [9.17, 15) is 19.5 Å². The lowest BCUT2D eigenvalue weighted by atomic mass is 10.1. The maximum atomic E-state index is 13.0. The molecule has 8 nitrogen and oxygen atoms in total. The highest BCUT2D eigenvalue weighted by Crippen LogP contribution is 2.28. The third kappa shape index (κ3) is 5.47. The van der Waals surface area contributed by atoms with Gasteiger partial charge in [-0.1, -0.05) is 5.92 Å². The number of rotatable bonds is 7. The summed E-state index contributed by atoms with van der Waals surface area (Å²) in [5, 5.41) is 15.0. The number of alkyl halides is 1. The number of thiophene rings is 1. The van der Waals surface area contributed by atoms with Crippen LogP contribution < -0.4 is 15.5 Å². The second-order valence-corrected chi connectivity index (χ2v) is 10.0. The van der Waals surface area contributed by atoms with Crippen LogP contribution in [-0.4, -0.2) is 52.7 Å². The zero-order chi connectivity index (χ0) is 23.3. The van der Waals surface area contributed by atoms with Crippen molar-refractivity contribution in [3.05, 3.63) is 45.6 Å². The lowest BCUT2D eigenvalue weighted by molar-refractivity contribution is -0.125. The molecule has 10 heteroatoms. The van der Waals surface area contributed by atoms with E-state index < -0.39 is 15.4 Å². The molecule has 32 heavy (non-hydrogen) atoms. The zero-order valence-corrected chi connectivity index (χ0v) is 20.3. The molecule has 1 saturated heterocycles. The topological polar surface area (TPSA) is 108 Å². The minimum atomic E-state index is -1.38. The van der Waals surface area contributed by atoms with Crippen LogP contribution in [0.15, 0.2) is 30.3 Å². The van der Waals surface area contributed by atoms with Gasteiger partial charge in [-0.25, -0.2) is 0 Å². The van der Waals surface area contributed by atoms with E-state index in [0.29, 0.717) is 28.6 Å². The monoisotopic (exact) mass is 567 g/mol. The highest BCUT2D eigenvalue weighted by atomic mass is 127. The lowest BCUT2D eigenvalue weighted by Crippen LogP contribution is -2.52. The fourth-order valence-electron chi connectivity index (χ4n) is 3.20. The van der Waals surface area contributed by atoms with Gasteiger partial charge in [0.05, 0.1) is 16.4 Å². The Hall–Kier alpha value is -2.46. The number of halogens is 1. The molecule has 2 heterocycles.